The second-order valence-electron chi connectivity index (χ2n) is 12.3. The van der Waals surface area contributed by atoms with Crippen LogP contribution in [0.4, 0.5) is 17.2 Å². The molecule has 1 saturated heterocycles. The Morgan fingerprint density at radius 3 is 2.42 bits per heavy atom. The summed E-state index contributed by atoms with van der Waals surface area (Å²) in [4.78, 5) is 69.2. The number of fused-ring (bicyclic) bond motifs is 1. The van der Waals surface area contributed by atoms with Gasteiger partial charge >= 0.3 is 5.97 Å². The monoisotopic (exact) mass is 675 g/mol. The highest BCUT2D eigenvalue weighted by atomic mass is 16.5. The number of amides is 2. The number of benzene rings is 3. The Labute approximate surface area is 289 Å². The number of hydrogen-bond donors (Lipinski definition) is 3. The lowest BCUT2D eigenvalue weighted by Crippen LogP contribution is -2.39. The molecule has 0 aliphatic carbocycles. The van der Waals surface area contributed by atoms with E-state index in [-0.39, 0.29) is 31.2 Å². The highest BCUT2D eigenvalue weighted by molar-refractivity contribution is 6.14. The number of methoxy groups -OCH3 is 1. The van der Waals surface area contributed by atoms with Crippen LogP contribution in [0.2, 0.25) is 0 Å². The number of ether oxygens (including phenoxy) is 2. The molecule has 2 aliphatic rings. The Balaban J connectivity index is 1.30. The predicted octanol–water partition coefficient (Wildman–Crippen LogP) is 3.72. The van der Waals surface area contributed by atoms with Crippen LogP contribution in [-0.2, 0) is 36.8 Å². The molecule has 1 unspecified atom stereocenters. The van der Waals surface area contributed by atoms with Gasteiger partial charge in [-0.25, -0.2) is 9.78 Å². The number of aryl methyl sites for hydroxylation is 1. The molecule has 0 spiro atoms. The molecular formula is C38H37N5O7. The Hall–Kier alpha value is -5.88. The molecule has 12 nitrogen and oxygen atoms in total. The maximum absolute atomic E-state index is 13.8. The van der Waals surface area contributed by atoms with Gasteiger partial charge in [0.15, 0.2) is 11.6 Å². The SMILES string of the molecule is COC(=O)[C@]1(Cc2ccc(N3C(=O)CNC(=O)c4cc(CCCCOc5cccnc5N)ccc43)c(-c3ccccc3)c2)NC1(C=O)CC=O. The molecule has 1 fully saturated rings. The van der Waals surface area contributed by atoms with E-state index in [0.717, 1.165) is 24.0 Å². The van der Waals surface area contributed by atoms with Crippen molar-refractivity contribution < 1.29 is 33.4 Å². The minimum absolute atomic E-state index is 0.0565. The molecule has 2 amide bonds. The topological polar surface area (TPSA) is 180 Å². The molecule has 256 valence electrons. The van der Waals surface area contributed by atoms with Crippen molar-refractivity contribution in [1.29, 1.82) is 0 Å². The Kier molecular flexibility index (Phi) is 9.73. The van der Waals surface area contributed by atoms with Crippen molar-refractivity contribution in [1.82, 2.24) is 15.6 Å². The molecule has 6 rings (SSSR count). The van der Waals surface area contributed by atoms with Crippen molar-refractivity contribution >= 4 is 47.5 Å². The number of carbonyl (C=O) groups excluding carboxylic acids is 5. The lowest BCUT2D eigenvalue weighted by atomic mass is 9.85. The zero-order valence-corrected chi connectivity index (χ0v) is 27.5. The van der Waals surface area contributed by atoms with Gasteiger partial charge in [0.05, 0.1) is 37.2 Å². The first-order valence-corrected chi connectivity index (χ1v) is 16.3. The molecule has 12 heteroatoms. The van der Waals surface area contributed by atoms with Crippen LogP contribution in [0.1, 0.15) is 40.7 Å². The van der Waals surface area contributed by atoms with Gasteiger partial charge in [0.1, 0.15) is 23.7 Å². The first-order valence-electron chi connectivity index (χ1n) is 16.3. The van der Waals surface area contributed by atoms with Crippen molar-refractivity contribution in [2.24, 2.45) is 0 Å². The fourth-order valence-electron chi connectivity index (χ4n) is 6.59. The minimum Gasteiger partial charge on any atom is -0.490 e. The van der Waals surface area contributed by atoms with E-state index < -0.39 is 17.0 Å². The molecule has 50 heavy (non-hydrogen) atoms. The third-order valence-corrected chi connectivity index (χ3v) is 9.24. The fraction of sp³-hybridized carbons (Fsp3) is 0.263. The first-order chi connectivity index (χ1) is 24.3. The summed E-state index contributed by atoms with van der Waals surface area (Å²) >= 11 is 0. The maximum Gasteiger partial charge on any atom is 0.328 e. The number of aromatic nitrogens is 1. The minimum atomic E-state index is -1.42. The molecule has 3 heterocycles. The van der Waals surface area contributed by atoms with Gasteiger partial charge in [0, 0.05) is 24.6 Å². The van der Waals surface area contributed by atoms with E-state index in [1.165, 1.54) is 7.11 Å². The van der Waals surface area contributed by atoms with Crippen LogP contribution in [0.3, 0.4) is 0 Å². The number of nitrogens with zero attached hydrogens (tertiary/aromatic N) is 2. The number of aldehydes is 2. The molecule has 2 atom stereocenters. The lowest BCUT2D eigenvalue weighted by Gasteiger charge is -2.26. The van der Waals surface area contributed by atoms with E-state index in [0.29, 0.717) is 65.2 Å². The highest BCUT2D eigenvalue weighted by Crippen LogP contribution is 2.45. The van der Waals surface area contributed by atoms with Crippen LogP contribution in [0, 0.1) is 0 Å². The maximum atomic E-state index is 13.8. The molecule has 0 saturated carbocycles. The van der Waals surface area contributed by atoms with Gasteiger partial charge in [-0.05, 0) is 72.4 Å². The summed E-state index contributed by atoms with van der Waals surface area (Å²) in [7, 11) is 1.23. The first kappa shape index (κ1) is 34.0. The highest BCUT2D eigenvalue weighted by Gasteiger charge is 2.72. The summed E-state index contributed by atoms with van der Waals surface area (Å²) in [6.07, 6.45) is 4.90. The number of unbranched alkanes of at least 4 members (excludes halogenated alkanes) is 1. The quantitative estimate of drug-likeness (QED) is 0.0772. The van der Waals surface area contributed by atoms with Gasteiger partial charge in [0.25, 0.3) is 11.8 Å². The Morgan fingerprint density at radius 1 is 0.960 bits per heavy atom. The summed E-state index contributed by atoms with van der Waals surface area (Å²) in [6, 6.07) is 23.9. The van der Waals surface area contributed by atoms with E-state index in [1.807, 2.05) is 48.5 Å². The molecule has 3 aromatic carbocycles. The standard InChI is InChI=1S/C38H37N5O7/c1-49-36(48)38(37(24-45,42-38)16-18-44)22-26-13-15-30(28(21-26)27-9-3-2-4-10-27)43-31-14-12-25(20-29(31)35(47)41-23-33(43)46)8-5-6-19-50-32-11-7-17-40-34(32)39/h2-4,7,9-15,17-18,20-21,24,42H,5-6,8,16,19,22-23H2,1H3,(H2,39,40)(H,41,47)/t37?,38-/m0/s1. The largest absolute Gasteiger partial charge is 0.490 e. The van der Waals surface area contributed by atoms with Crippen LogP contribution in [0.15, 0.2) is 85.1 Å². The van der Waals surface area contributed by atoms with E-state index in [1.54, 1.807) is 41.4 Å². The van der Waals surface area contributed by atoms with Crippen LogP contribution < -0.4 is 26.0 Å². The zero-order valence-electron chi connectivity index (χ0n) is 27.5. The van der Waals surface area contributed by atoms with Gasteiger partial charge in [-0.15, -0.1) is 0 Å². The van der Waals surface area contributed by atoms with E-state index in [9.17, 15) is 24.0 Å². The van der Waals surface area contributed by atoms with Crippen molar-refractivity contribution in [2.45, 2.75) is 43.2 Å². The molecule has 2 aliphatic heterocycles. The zero-order chi connectivity index (χ0) is 35.3. The number of esters is 1. The number of rotatable bonds is 14. The number of anilines is 3. The van der Waals surface area contributed by atoms with Crippen molar-refractivity contribution in [3.8, 4) is 16.9 Å². The van der Waals surface area contributed by atoms with E-state index in [4.69, 9.17) is 15.2 Å². The summed E-state index contributed by atoms with van der Waals surface area (Å²) in [6.45, 7) is 0.252. The Bertz CT molecular complexity index is 1950. The fourth-order valence-corrected chi connectivity index (χ4v) is 6.59. The summed E-state index contributed by atoms with van der Waals surface area (Å²) in [5.74, 6) is -0.456. The van der Waals surface area contributed by atoms with Gasteiger partial charge in [-0.3, -0.25) is 19.8 Å². The number of pyridine rings is 1. The van der Waals surface area contributed by atoms with Crippen molar-refractivity contribution in [3.05, 3.63) is 102 Å². The third-order valence-electron chi connectivity index (χ3n) is 9.24. The molecule has 4 N–H and O–H groups in total. The van der Waals surface area contributed by atoms with Crippen molar-refractivity contribution in [2.75, 3.05) is 30.9 Å². The number of carbonyl (C=O) groups is 5. The van der Waals surface area contributed by atoms with Crippen LogP contribution in [0.5, 0.6) is 5.75 Å². The number of hydrogen-bond acceptors (Lipinski definition) is 10. The second-order valence-corrected chi connectivity index (χ2v) is 12.3. The average Bonchev–Trinajstić information content (AvgIpc) is 3.81. The van der Waals surface area contributed by atoms with Gasteiger partial charge in [-0.2, -0.15) is 0 Å². The molecule has 0 radical (unpaired) electrons. The molecular weight excluding hydrogens is 638 g/mol. The van der Waals surface area contributed by atoms with Crippen LogP contribution in [-0.4, -0.2) is 66.7 Å². The molecule has 4 aromatic rings. The number of nitrogen functional groups attached to an aromatic ring is 1. The second kappa shape index (κ2) is 14.3. The van der Waals surface area contributed by atoms with Gasteiger partial charge in [0.2, 0.25) is 0 Å². The molecule has 0 bridgehead atoms. The van der Waals surface area contributed by atoms with E-state index in [2.05, 4.69) is 15.6 Å². The summed E-state index contributed by atoms with van der Waals surface area (Å²) in [5.41, 5.74) is 7.46. The van der Waals surface area contributed by atoms with E-state index >= 15 is 0 Å². The smallest absolute Gasteiger partial charge is 0.328 e. The Morgan fingerprint density at radius 2 is 1.70 bits per heavy atom. The average molecular weight is 676 g/mol. The lowest BCUT2D eigenvalue weighted by molar-refractivity contribution is -0.144. The van der Waals surface area contributed by atoms with Crippen LogP contribution in [0.25, 0.3) is 11.1 Å². The predicted molar refractivity (Wildman–Crippen MR) is 186 cm³/mol. The summed E-state index contributed by atoms with van der Waals surface area (Å²) < 4.78 is 10.8. The molecule has 1 aromatic heterocycles. The normalized spacial score (nSPS) is 19.5. The summed E-state index contributed by atoms with van der Waals surface area (Å²) in [5, 5.41) is 5.70. The third kappa shape index (κ3) is 6.45. The van der Waals surface area contributed by atoms with Gasteiger partial charge < -0.3 is 30.1 Å². The van der Waals surface area contributed by atoms with Crippen molar-refractivity contribution in [3.63, 3.8) is 0 Å². The van der Waals surface area contributed by atoms with Crippen LogP contribution >= 0.6 is 0 Å². The van der Waals surface area contributed by atoms with Gasteiger partial charge in [-0.1, -0.05) is 42.5 Å². The number of nitrogens with one attached hydrogen (secondary N) is 2. The number of nitrogens with two attached hydrogens (primary N) is 1.